The monoisotopic (exact) mass is 403 g/mol. The molecule has 0 aliphatic heterocycles. The van der Waals surface area contributed by atoms with Crippen molar-refractivity contribution in [1.82, 2.24) is 14.7 Å². The summed E-state index contributed by atoms with van der Waals surface area (Å²) in [5.41, 5.74) is 2.93. The second kappa shape index (κ2) is 9.27. The molecule has 0 aliphatic carbocycles. The van der Waals surface area contributed by atoms with Gasteiger partial charge in [0.1, 0.15) is 0 Å². The van der Waals surface area contributed by atoms with Crippen LogP contribution < -0.4 is 4.74 Å². The van der Waals surface area contributed by atoms with Crippen LogP contribution in [0.15, 0.2) is 54.6 Å². The maximum absolute atomic E-state index is 6.41. The van der Waals surface area contributed by atoms with Crippen molar-refractivity contribution >= 4 is 23.2 Å². The Morgan fingerprint density at radius 1 is 1.04 bits per heavy atom. The molecule has 0 aliphatic rings. The van der Waals surface area contributed by atoms with Gasteiger partial charge in [-0.1, -0.05) is 53.5 Å². The lowest BCUT2D eigenvalue weighted by molar-refractivity contribution is 0.272. The van der Waals surface area contributed by atoms with Crippen LogP contribution in [0.25, 0.3) is 5.69 Å². The maximum atomic E-state index is 6.41. The number of benzene rings is 2. The van der Waals surface area contributed by atoms with Crippen LogP contribution in [0.2, 0.25) is 10.0 Å². The number of ether oxygens (including phenoxy) is 1. The van der Waals surface area contributed by atoms with Crippen molar-refractivity contribution in [3.8, 4) is 11.6 Å². The fourth-order valence-electron chi connectivity index (χ4n) is 2.81. The standard InChI is InChI=1S/C21H23Cl2N3O/c1-25(2)11-6-12-27-21-15-18(13-16-7-4-3-5-8-16)26(24-21)20-14-17(22)9-10-19(20)23/h3-5,7-10,14-15H,6,11-13H2,1-2H3. The van der Waals surface area contributed by atoms with Crippen molar-refractivity contribution < 1.29 is 4.74 Å². The zero-order valence-corrected chi connectivity index (χ0v) is 17.0. The predicted octanol–water partition coefficient (Wildman–Crippen LogP) is 5.10. The van der Waals surface area contributed by atoms with Crippen LogP contribution in [0.1, 0.15) is 17.7 Å². The first-order valence-corrected chi connectivity index (χ1v) is 9.64. The van der Waals surface area contributed by atoms with Gasteiger partial charge in [-0.25, -0.2) is 4.68 Å². The zero-order valence-electron chi connectivity index (χ0n) is 15.5. The second-order valence-electron chi connectivity index (χ2n) is 6.65. The van der Waals surface area contributed by atoms with Crippen molar-refractivity contribution in [2.24, 2.45) is 0 Å². The van der Waals surface area contributed by atoms with E-state index in [9.17, 15) is 0 Å². The molecule has 0 radical (unpaired) electrons. The summed E-state index contributed by atoms with van der Waals surface area (Å²) in [5, 5.41) is 5.84. The first-order valence-electron chi connectivity index (χ1n) is 8.89. The Morgan fingerprint density at radius 2 is 1.81 bits per heavy atom. The van der Waals surface area contributed by atoms with Gasteiger partial charge in [-0.05, 0) is 44.3 Å². The van der Waals surface area contributed by atoms with Crippen LogP contribution in [0.5, 0.6) is 5.88 Å². The molecule has 0 spiro atoms. The Labute approximate surface area is 170 Å². The van der Waals surface area contributed by atoms with Crippen molar-refractivity contribution in [1.29, 1.82) is 0 Å². The Kier molecular flexibility index (Phi) is 6.78. The second-order valence-corrected chi connectivity index (χ2v) is 7.49. The highest BCUT2D eigenvalue weighted by molar-refractivity contribution is 6.34. The van der Waals surface area contributed by atoms with Gasteiger partial charge in [0.05, 0.1) is 23.0 Å². The molecule has 0 bridgehead atoms. The number of hydrogen-bond acceptors (Lipinski definition) is 3. The van der Waals surface area contributed by atoms with Gasteiger partial charge in [0.15, 0.2) is 0 Å². The van der Waals surface area contributed by atoms with E-state index in [1.165, 1.54) is 5.56 Å². The van der Waals surface area contributed by atoms with E-state index in [-0.39, 0.29) is 0 Å². The molecule has 3 aromatic rings. The number of halogens is 2. The van der Waals surface area contributed by atoms with Crippen LogP contribution in [-0.2, 0) is 6.42 Å². The zero-order chi connectivity index (χ0) is 19.2. The fourth-order valence-corrected chi connectivity index (χ4v) is 3.17. The van der Waals surface area contributed by atoms with Crippen LogP contribution in [-0.4, -0.2) is 41.9 Å². The van der Waals surface area contributed by atoms with Gasteiger partial charge in [-0.3, -0.25) is 0 Å². The Balaban J connectivity index is 1.88. The van der Waals surface area contributed by atoms with Crippen molar-refractivity contribution in [2.45, 2.75) is 12.8 Å². The molecule has 0 unspecified atom stereocenters. The van der Waals surface area contributed by atoms with Crippen LogP contribution in [0, 0.1) is 0 Å². The predicted molar refractivity (Wildman–Crippen MR) is 111 cm³/mol. The van der Waals surface area contributed by atoms with E-state index >= 15 is 0 Å². The first-order chi connectivity index (χ1) is 13.0. The van der Waals surface area contributed by atoms with E-state index < -0.39 is 0 Å². The summed E-state index contributed by atoms with van der Waals surface area (Å²) in [6.45, 7) is 1.58. The molecule has 6 heteroatoms. The molecule has 0 atom stereocenters. The summed E-state index contributed by atoms with van der Waals surface area (Å²) in [7, 11) is 4.10. The van der Waals surface area contributed by atoms with Crippen LogP contribution >= 0.6 is 23.2 Å². The number of hydrogen-bond donors (Lipinski definition) is 0. The van der Waals surface area contributed by atoms with Gasteiger partial charge in [-0.2, -0.15) is 0 Å². The molecule has 0 N–H and O–H groups in total. The minimum atomic E-state index is 0.593. The van der Waals surface area contributed by atoms with Gasteiger partial charge in [0, 0.05) is 24.1 Å². The van der Waals surface area contributed by atoms with Crippen LogP contribution in [0.3, 0.4) is 0 Å². The van der Waals surface area contributed by atoms with Gasteiger partial charge in [0.2, 0.25) is 5.88 Å². The van der Waals surface area contributed by atoms with Gasteiger partial charge in [0.25, 0.3) is 0 Å². The van der Waals surface area contributed by atoms with Crippen molar-refractivity contribution in [2.75, 3.05) is 27.2 Å². The fraction of sp³-hybridized carbons (Fsp3) is 0.286. The lowest BCUT2D eigenvalue weighted by Gasteiger charge is -2.10. The summed E-state index contributed by atoms with van der Waals surface area (Å²) in [6, 6.07) is 17.6. The summed E-state index contributed by atoms with van der Waals surface area (Å²) < 4.78 is 7.69. The Hall–Kier alpha value is -2.01. The van der Waals surface area contributed by atoms with E-state index in [2.05, 4.69) is 22.1 Å². The quantitative estimate of drug-likeness (QED) is 0.490. The number of rotatable bonds is 8. The topological polar surface area (TPSA) is 30.3 Å². The lowest BCUT2D eigenvalue weighted by Crippen LogP contribution is -2.15. The van der Waals surface area contributed by atoms with Crippen LogP contribution in [0.4, 0.5) is 0 Å². The maximum Gasteiger partial charge on any atom is 0.233 e. The van der Waals surface area contributed by atoms with E-state index in [0.29, 0.717) is 22.5 Å². The first kappa shape index (κ1) is 19.7. The molecule has 0 amide bonds. The molecular weight excluding hydrogens is 381 g/mol. The number of aromatic nitrogens is 2. The SMILES string of the molecule is CN(C)CCCOc1cc(Cc2ccccc2)n(-c2cc(Cl)ccc2Cl)n1. The summed E-state index contributed by atoms with van der Waals surface area (Å²) in [6.07, 6.45) is 1.66. The molecule has 0 fully saturated rings. The molecule has 1 heterocycles. The largest absolute Gasteiger partial charge is 0.477 e. The molecule has 3 rings (SSSR count). The lowest BCUT2D eigenvalue weighted by atomic mass is 10.1. The number of nitrogens with zero attached hydrogens (tertiary/aromatic N) is 3. The third-order valence-electron chi connectivity index (χ3n) is 4.12. The minimum absolute atomic E-state index is 0.593. The Morgan fingerprint density at radius 3 is 2.56 bits per heavy atom. The molecule has 142 valence electrons. The third kappa shape index (κ3) is 5.48. The molecule has 1 aromatic heterocycles. The van der Waals surface area contributed by atoms with E-state index in [1.54, 1.807) is 12.1 Å². The van der Waals surface area contributed by atoms with E-state index in [1.807, 2.05) is 49.1 Å². The summed E-state index contributed by atoms with van der Waals surface area (Å²) in [5.74, 6) is 0.593. The summed E-state index contributed by atoms with van der Waals surface area (Å²) >= 11 is 12.6. The highest BCUT2D eigenvalue weighted by Gasteiger charge is 2.14. The summed E-state index contributed by atoms with van der Waals surface area (Å²) in [4.78, 5) is 2.13. The van der Waals surface area contributed by atoms with E-state index in [0.717, 1.165) is 30.8 Å². The van der Waals surface area contributed by atoms with Crippen molar-refractivity contribution in [3.63, 3.8) is 0 Å². The van der Waals surface area contributed by atoms with Gasteiger partial charge in [-0.15, -0.1) is 5.10 Å². The highest BCUT2D eigenvalue weighted by atomic mass is 35.5. The minimum Gasteiger partial charge on any atom is -0.477 e. The normalized spacial score (nSPS) is 11.1. The molecule has 0 saturated heterocycles. The van der Waals surface area contributed by atoms with E-state index in [4.69, 9.17) is 27.9 Å². The molecular formula is C21H23Cl2N3O. The Bertz CT molecular complexity index is 878. The molecule has 4 nitrogen and oxygen atoms in total. The highest BCUT2D eigenvalue weighted by Crippen LogP contribution is 2.28. The van der Waals surface area contributed by atoms with Gasteiger partial charge >= 0.3 is 0 Å². The third-order valence-corrected chi connectivity index (χ3v) is 4.68. The smallest absolute Gasteiger partial charge is 0.233 e. The molecule has 2 aromatic carbocycles. The average Bonchev–Trinajstić information content (AvgIpc) is 3.04. The van der Waals surface area contributed by atoms with Gasteiger partial charge < -0.3 is 9.64 Å². The molecule has 0 saturated carbocycles. The van der Waals surface area contributed by atoms with Crippen molar-refractivity contribution in [3.05, 3.63) is 75.9 Å². The molecule has 27 heavy (non-hydrogen) atoms. The average molecular weight is 404 g/mol.